The average Bonchev–Trinajstić information content (AvgIpc) is 2.87. The summed E-state index contributed by atoms with van der Waals surface area (Å²) in [4.78, 5) is 24.8. The Kier molecular flexibility index (Phi) is 5.38. The van der Waals surface area contributed by atoms with Gasteiger partial charge in [-0.1, -0.05) is 13.8 Å². The summed E-state index contributed by atoms with van der Waals surface area (Å²) in [6.07, 6.45) is 2.76. The highest BCUT2D eigenvalue weighted by Gasteiger charge is 2.27. The number of likely N-dealkylation sites (tertiary alicyclic amines) is 1. The number of hydrogen-bond acceptors (Lipinski definition) is 3. The van der Waals surface area contributed by atoms with Gasteiger partial charge in [0, 0.05) is 11.8 Å². The van der Waals surface area contributed by atoms with Crippen LogP contribution in [0.1, 0.15) is 26.0 Å². The first-order valence-corrected chi connectivity index (χ1v) is 7.46. The summed E-state index contributed by atoms with van der Waals surface area (Å²) in [6, 6.07) is 3.04. The highest BCUT2D eigenvalue weighted by atomic mass is 16.3. The third kappa shape index (κ3) is 5.23. The summed E-state index contributed by atoms with van der Waals surface area (Å²) < 4.78 is 5.10. The predicted molar refractivity (Wildman–Crippen MR) is 77.6 cm³/mol. The number of carbonyl (C=O) groups excluding carboxylic acids is 2. The first kappa shape index (κ1) is 15.6. The molecule has 3 N–H and O–H groups in total. The van der Waals surface area contributed by atoms with Crippen molar-refractivity contribution in [1.82, 2.24) is 10.6 Å². The lowest BCUT2D eigenvalue weighted by molar-refractivity contribution is -0.904. The smallest absolute Gasteiger partial charge is 0.321 e. The molecule has 6 heteroatoms. The van der Waals surface area contributed by atoms with Crippen LogP contribution < -0.4 is 15.5 Å². The molecule has 1 aromatic heterocycles. The highest BCUT2D eigenvalue weighted by molar-refractivity contribution is 5.94. The molecule has 2 heterocycles. The number of hydrogen-bond donors (Lipinski definition) is 3. The maximum absolute atomic E-state index is 11.9. The lowest BCUT2D eigenvalue weighted by Gasteiger charge is -2.31. The van der Waals surface area contributed by atoms with Gasteiger partial charge in [-0.05, 0) is 18.6 Å². The second kappa shape index (κ2) is 7.26. The Hall–Kier alpha value is -1.82. The molecule has 1 fully saturated rings. The van der Waals surface area contributed by atoms with E-state index >= 15 is 0 Å². The van der Waals surface area contributed by atoms with Crippen molar-refractivity contribution in [3.05, 3.63) is 24.2 Å². The number of nitrogens with one attached hydrogen (secondary N) is 3. The molecule has 0 aliphatic carbocycles. The van der Waals surface area contributed by atoms with Crippen molar-refractivity contribution in [3.63, 3.8) is 0 Å². The Morgan fingerprint density at radius 3 is 2.67 bits per heavy atom. The van der Waals surface area contributed by atoms with E-state index in [9.17, 15) is 9.59 Å². The van der Waals surface area contributed by atoms with Gasteiger partial charge in [0.25, 0.3) is 5.91 Å². The van der Waals surface area contributed by atoms with Crippen LogP contribution in [-0.2, 0) is 11.3 Å². The molecule has 3 amide bonds. The molecule has 1 aromatic rings. The second-order valence-electron chi connectivity index (χ2n) is 6.09. The fraction of sp³-hybridized carbons (Fsp3) is 0.600. The molecule has 2 atom stereocenters. The third-order valence-corrected chi connectivity index (χ3v) is 3.75. The molecule has 1 aliphatic heterocycles. The number of piperidine rings is 1. The van der Waals surface area contributed by atoms with E-state index in [2.05, 4.69) is 24.5 Å². The molecule has 0 radical (unpaired) electrons. The van der Waals surface area contributed by atoms with Crippen LogP contribution in [0.5, 0.6) is 0 Å². The molecule has 0 aromatic carbocycles. The average molecular weight is 294 g/mol. The number of quaternary nitrogens is 1. The second-order valence-corrected chi connectivity index (χ2v) is 6.09. The quantitative estimate of drug-likeness (QED) is 0.741. The zero-order valence-electron chi connectivity index (χ0n) is 12.6. The third-order valence-electron chi connectivity index (χ3n) is 3.75. The summed E-state index contributed by atoms with van der Waals surface area (Å²) in [5.41, 5.74) is 0. The number of carbonyl (C=O) groups is 2. The zero-order valence-corrected chi connectivity index (χ0v) is 12.6. The van der Waals surface area contributed by atoms with E-state index < -0.39 is 6.03 Å². The minimum atomic E-state index is -0.478. The lowest BCUT2D eigenvalue weighted by atomic mass is 9.92. The predicted octanol–water partition coefficient (Wildman–Crippen LogP) is 0.166. The van der Waals surface area contributed by atoms with Gasteiger partial charge in [-0.15, -0.1) is 0 Å². The van der Waals surface area contributed by atoms with E-state index in [-0.39, 0.29) is 12.5 Å². The molecular weight excluding hydrogens is 270 g/mol. The molecular formula is C15H24N3O3+. The van der Waals surface area contributed by atoms with E-state index in [0.29, 0.717) is 24.1 Å². The summed E-state index contributed by atoms with van der Waals surface area (Å²) in [6.45, 7) is 7.03. The topological polar surface area (TPSA) is 75.8 Å². The molecule has 1 saturated heterocycles. The number of furan rings is 1. The fourth-order valence-electron chi connectivity index (χ4n) is 3.09. The van der Waals surface area contributed by atoms with E-state index in [1.807, 2.05) is 0 Å². The molecule has 1 aliphatic rings. The van der Waals surface area contributed by atoms with Gasteiger partial charge in [0.1, 0.15) is 5.76 Å². The van der Waals surface area contributed by atoms with Crippen LogP contribution in [0, 0.1) is 11.8 Å². The van der Waals surface area contributed by atoms with Crippen molar-refractivity contribution in [1.29, 1.82) is 0 Å². The van der Waals surface area contributed by atoms with Crippen molar-refractivity contribution in [2.45, 2.75) is 26.8 Å². The summed E-state index contributed by atoms with van der Waals surface area (Å²) in [7, 11) is 0. The number of imide groups is 1. The van der Waals surface area contributed by atoms with Gasteiger partial charge in [-0.2, -0.15) is 0 Å². The van der Waals surface area contributed by atoms with E-state index in [0.717, 1.165) is 13.1 Å². The van der Waals surface area contributed by atoms with Gasteiger partial charge in [0.05, 0.1) is 25.9 Å². The van der Waals surface area contributed by atoms with E-state index in [1.165, 1.54) is 11.3 Å². The van der Waals surface area contributed by atoms with Crippen LogP contribution in [0.15, 0.2) is 22.8 Å². The normalized spacial score (nSPS) is 25.3. The molecule has 6 nitrogen and oxygen atoms in total. The minimum absolute atomic E-state index is 0.233. The standard InChI is InChI=1S/C15H23N3O3/c1-11-6-12(2)9-18(8-11)10-14(19)17-15(20)16-7-13-4-3-5-21-13/h3-5,11-12H,6-10H2,1-2H3,(H2,16,17,19,20)/p+1/t11-,12-/m1/s1. The van der Waals surface area contributed by atoms with Gasteiger partial charge in [-0.25, -0.2) is 4.79 Å². The SMILES string of the molecule is C[C@@H]1C[C@@H](C)C[NH+](CC(=O)NC(=O)NCc2ccco2)C1. The molecule has 21 heavy (non-hydrogen) atoms. The number of amides is 3. The Balaban J connectivity index is 1.69. The first-order valence-electron chi connectivity index (χ1n) is 7.46. The molecule has 0 saturated carbocycles. The van der Waals surface area contributed by atoms with Crippen LogP contribution >= 0.6 is 0 Å². The fourth-order valence-corrected chi connectivity index (χ4v) is 3.09. The van der Waals surface area contributed by atoms with Crippen molar-refractivity contribution in [2.24, 2.45) is 11.8 Å². The Morgan fingerprint density at radius 2 is 2.05 bits per heavy atom. The van der Waals surface area contributed by atoms with Gasteiger partial charge < -0.3 is 14.6 Å². The molecule has 116 valence electrons. The van der Waals surface area contributed by atoms with Gasteiger partial charge in [0.2, 0.25) is 0 Å². The highest BCUT2D eigenvalue weighted by Crippen LogP contribution is 2.11. The summed E-state index contributed by atoms with van der Waals surface area (Å²) in [5, 5.41) is 4.96. The van der Waals surface area contributed by atoms with Crippen LogP contribution in [0.3, 0.4) is 0 Å². The summed E-state index contributed by atoms with van der Waals surface area (Å²) in [5.74, 6) is 1.68. The van der Waals surface area contributed by atoms with Crippen LogP contribution in [0.2, 0.25) is 0 Å². The van der Waals surface area contributed by atoms with Gasteiger partial charge in [-0.3, -0.25) is 10.1 Å². The first-order chi connectivity index (χ1) is 10.0. The molecule has 0 spiro atoms. The largest absolute Gasteiger partial charge is 0.467 e. The molecule has 2 rings (SSSR count). The maximum atomic E-state index is 11.9. The van der Waals surface area contributed by atoms with Gasteiger partial charge >= 0.3 is 6.03 Å². The Morgan fingerprint density at radius 1 is 1.33 bits per heavy atom. The summed E-state index contributed by atoms with van der Waals surface area (Å²) >= 11 is 0. The van der Waals surface area contributed by atoms with Crippen LogP contribution in [0.25, 0.3) is 0 Å². The van der Waals surface area contributed by atoms with Crippen molar-refractivity contribution >= 4 is 11.9 Å². The van der Waals surface area contributed by atoms with E-state index in [4.69, 9.17) is 4.42 Å². The van der Waals surface area contributed by atoms with E-state index in [1.54, 1.807) is 18.4 Å². The number of urea groups is 1. The lowest BCUT2D eigenvalue weighted by Crippen LogP contribution is -3.15. The van der Waals surface area contributed by atoms with Crippen molar-refractivity contribution < 1.29 is 18.9 Å². The minimum Gasteiger partial charge on any atom is -0.467 e. The van der Waals surface area contributed by atoms with Crippen molar-refractivity contribution in [2.75, 3.05) is 19.6 Å². The zero-order chi connectivity index (χ0) is 15.2. The Labute approximate surface area is 124 Å². The number of rotatable bonds is 4. The van der Waals surface area contributed by atoms with Crippen LogP contribution in [-0.4, -0.2) is 31.6 Å². The monoisotopic (exact) mass is 294 g/mol. The van der Waals surface area contributed by atoms with Crippen LogP contribution in [0.4, 0.5) is 4.79 Å². The molecule has 0 unspecified atom stereocenters. The van der Waals surface area contributed by atoms with Gasteiger partial charge in [0.15, 0.2) is 6.54 Å². The maximum Gasteiger partial charge on any atom is 0.321 e. The van der Waals surface area contributed by atoms with Crippen molar-refractivity contribution in [3.8, 4) is 0 Å². The Bertz CT molecular complexity index is 463. The molecule has 0 bridgehead atoms.